The summed E-state index contributed by atoms with van der Waals surface area (Å²) in [7, 11) is 0. The second-order valence-electron chi connectivity index (χ2n) is 8.48. The molecular formula is C23H26N4O2S. The van der Waals surface area contributed by atoms with E-state index in [0.29, 0.717) is 5.39 Å². The Morgan fingerprint density at radius 2 is 1.97 bits per heavy atom. The first-order valence-corrected chi connectivity index (χ1v) is 11.5. The fraction of sp³-hybridized carbons (Fsp3) is 0.435. The Kier molecular flexibility index (Phi) is 5.06. The number of nitrogens with one attached hydrogen (secondary N) is 1. The van der Waals surface area contributed by atoms with Crippen LogP contribution < -0.4 is 15.8 Å². The summed E-state index contributed by atoms with van der Waals surface area (Å²) < 4.78 is 1.42. The molecule has 0 unspecified atom stereocenters. The summed E-state index contributed by atoms with van der Waals surface area (Å²) >= 11 is 1.61. The van der Waals surface area contributed by atoms with Crippen molar-refractivity contribution in [3.05, 3.63) is 51.4 Å². The lowest BCUT2D eigenvalue weighted by Gasteiger charge is -2.32. The van der Waals surface area contributed by atoms with Crippen molar-refractivity contribution in [2.75, 3.05) is 23.3 Å². The second-order valence-corrected chi connectivity index (χ2v) is 9.56. The summed E-state index contributed by atoms with van der Waals surface area (Å²) in [5.41, 5.74) is 2.97. The summed E-state index contributed by atoms with van der Waals surface area (Å²) in [5, 5.41) is 3.62. The summed E-state index contributed by atoms with van der Waals surface area (Å²) in [5.74, 6) is 0.580. The molecule has 0 radical (unpaired) electrons. The quantitative estimate of drug-likeness (QED) is 0.694. The number of carbonyl (C=O) groups excluding carboxylic acids is 1. The van der Waals surface area contributed by atoms with Crippen LogP contribution in [0.5, 0.6) is 0 Å². The maximum absolute atomic E-state index is 12.9. The van der Waals surface area contributed by atoms with Gasteiger partial charge in [0.1, 0.15) is 11.4 Å². The van der Waals surface area contributed by atoms with Crippen LogP contribution in [0.25, 0.3) is 10.2 Å². The van der Waals surface area contributed by atoms with Crippen molar-refractivity contribution in [1.29, 1.82) is 0 Å². The lowest BCUT2D eigenvalue weighted by molar-refractivity contribution is -0.116. The first kappa shape index (κ1) is 19.3. The zero-order valence-electron chi connectivity index (χ0n) is 17.2. The van der Waals surface area contributed by atoms with Gasteiger partial charge in [0.05, 0.1) is 11.7 Å². The highest BCUT2D eigenvalue weighted by molar-refractivity contribution is 7.18. The van der Waals surface area contributed by atoms with Crippen LogP contribution in [0.4, 0.5) is 11.4 Å². The van der Waals surface area contributed by atoms with Crippen LogP contribution in [-0.4, -0.2) is 28.5 Å². The van der Waals surface area contributed by atoms with E-state index in [0.717, 1.165) is 54.4 Å². The minimum atomic E-state index is -0.218. The molecule has 7 heteroatoms. The van der Waals surface area contributed by atoms with Gasteiger partial charge in [0.25, 0.3) is 5.56 Å². The predicted molar refractivity (Wildman–Crippen MR) is 122 cm³/mol. The normalized spacial score (nSPS) is 16.8. The number of nitrogens with zero attached hydrogens (tertiary/aromatic N) is 3. The summed E-state index contributed by atoms with van der Waals surface area (Å²) in [6.45, 7) is 4.44. The average molecular weight is 423 g/mol. The van der Waals surface area contributed by atoms with E-state index >= 15 is 0 Å². The van der Waals surface area contributed by atoms with Crippen LogP contribution in [0.15, 0.2) is 35.4 Å². The predicted octanol–water partition coefficient (Wildman–Crippen LogP) is 3.82. The Balaban J connectivity index is 1.27. The fourth-order valence-electron chi connectivity index (χ4n) is 4.51. The third-order valence-electron chi connectivity index (χ3n) is 6.31. The number of rotatable bonds is 4. The zero-order valence-corrected chi connectivity index (χ0v) is 18.0. The molecule has 2 aromatic heterocycles. The van der Waals surface area contributed by atoms with E-state index in [1.807, 2.05) is 12.1 Å². The van der Waals surface area contributed by atoms with Crippen LogP contribution in [0.3, 0.4) is 0 Å². The summed E-state index contributed by atoms with van der Waals surface area (Å²) in [6.07, 6.45) is 7.00. The lowest BCUT2D eigenvalue weighted by atomic mass is 9.99. The highest BCUT2D eigenvalue weighted by Gasteiger charge is 2.22. The van der Waals surface area contributed by atoms with E-state index < -0.39 is 0 Å². The molecular weight excluding hydrogens is 396 g/mol. The number of anilines is 2. The van der Waals surface area contributed by atoms with Crippen LogP contribution in [0.1, 0.15) is 36.6 Å². The minimum absolute atomic E-state index is 0.0296. The van der Waals surface area contributed by atoms with Crippen molar-refractivity contribution in [3.63, 3.8) is 0 Å². The van der Waals surface area contributed by atoms with Crippen molar-refractivity contribution >= 4 is 38.8 Å². The molecule has 3 heterocycles. The van der Waals surface area contributed by atoms with Gasteiger partial charge in [-0.3, -0.25) is 14.2 Å². The molecule has 1 aromatic carbocycles. The molecule has 0 atom stereocenters. The number of benzene rings is 1. The van der Waals surface area contributed by atoms with E-state index in [4.69, 9.17) is 0 Å². The molecule has 0 bridgehead atoms. The molecule has 1 saturated heterocycles. The van der Waals surface area contributed by atoms with E-state index in [9.17, 15) is 9.59 Å². The van der Waals surface area contributed by atoms with Crippen molar-refractivity contribution in [2.45, 2.75) is 45.6 Å². The summed E-state index contributed by atoms with van der Waals surface area (Å²) in [6, 6.07) is 7.97. The molecule has 1 aliphatic heterocycles. The maximum atomic E-state index is 12.9. The molecule has 3 aromatic rings. The van der Waals surface area contributed by atoms with Gasteiger partial charge in [-0.1, -0.05) is 6.92 Å². The van der Waals surface area contributed by atoms with Crippen LogP contribution in [-0.2, 0) is 24.2 Å². The van der Waals surface area contributed by atoms with Gasteiger partial charge in [0.2, 0.25) is 5.91 Å². The first-order chi connectivity index (χ1) is 14.6. The fourth-order valence-corrected chi connectivity index (χ4v) is 5.73. The van der Waals surface area contributed by atoms with E-state index in [-0.39, 0.29) is 18.0 Å². The van der Waals surface area contributed by atoms with Gasteiger partial charge in [-0.15, -0.1) is 11.3 Å². The zero-order chi connectivity index (χ0) is 20.7. The molecule has 2 aliphatic rings. The van der Waals surface area contributed by atoms with Gasteiger partial charge in [0, 0.05) is 29.3 Å². The maximum Gasteiger partial charge on any atom is 0.262 e. The average Bonchev–Trinajstić information content (AvgIpc) is 3.33. The number of piperidine rings is 1. The Morgan fingerprint density at radius 3 is 2.73 bits per heavy atom. The van der Waals surface area contributed by atoms with Crippen molar-refractivity contribution in [1.82, 2.24) is 9.55 Å². The largest absolute Gasteiger partial charge is 0.372 e. The second kappa shape index (κ2) is 7.87. The Labute approximate surface area is 179 Å². The lowest BCUT2D eigenvalue weighted by Crippen LogP contribution is -2.32. The monoisotopic (exact) mass is 422 g/mol. The highest BCUT2D eigenvalue weighted by Crippen LogP contribution is 2.34. The molecule has 1 aliphatic carbocycles. The van der Waals surface area contributed by atoms with Crippen molar-refractivity contribution in [2.24, 2.45) is 5.92 Å². The number of aryl methyl sites for hydroxylation is 2. The Bertz CT molecular complexity index is 1140. The SMILES string of the molecule is CC1CCN(c2ccc(NC(=O)Cn3cnc4sc5c(c4c3=O)CCC5)cc2)CC1. The number of hydrogen-bond acceptors (Lipinski definition) is 5. The van der Waals surface area contributed by atoms with Gasteiger partial charge in [-0.2, -0.15) is 0 Å². The minimum Gasteiger partial charge on any atom is -0.372 e. The van der Waals surface area contributed by atoms with Gasteiger partial charge in [-0.05, 0) is 67.9 Å². The molecule has 1 fully saturated rings. The highest BCUT2D eigenvalue weighted by atomic mass is 32.1. The third-order valence-corrected chi connectivity index (χ3v) is 7.51. The van der Waals surface area contributed by atoms with Gasteiger partial charge in [0.15, 0.2) is 0 Å². The van der Waals surface area contributed by atoms with Crippen molar-refractivity contribution in [3.8, 4) is 0 Å². The summed E-state index contributed by atoms with van der Waals surface area (Å²) in [4.78, 5) is 34.4. The molecule has 6 nitrogen and oxygen atoms in total. The molecule has 1 amide bonds. The number of thiophene rings is 1. The van der Waals surface area contributed by atoms with Crippen LogP contribution >= 0.6 is 11.3 Å². The topological polar surface area (TPSA) is 67.2 Å². The molecule has 0 spiro atoms. The van der Waals surface area contributed by atoms with E-state index in [2.05, 4.69) is 34.3 Å². The Hall–Kier alpha value is -2.67. The van der Waals surface area contributed by atoms with Gasteiger partial charge < -0.3 is 10.2 Å². The molecule has 156 valence electrons. The van der Waals surface area contributed by atoms with E-state index in [1.54, 1.807) is 11.3 Å². The van der Waals surface area contributed by atoms with Gasteiger partial charge in [-0.25, -0.2) is 4.98 Å². The Morgan fingerprint density at radius 1 is 1.20 bits per heavy atom. The first-order valence-electron chi connectivity index (χ1n) is 10.7. The standard InChI is InChI=1S/C23H26N4O2S/c1-15-9-11-26(12-10-15)17-7-5-16(6-8-17)25-20(28)13-27-14-24-22-21(23(27)29)18-3-2-4-19(18)30-22/h5-8,14-15H,2-4,9-13H2,1H3,(H,25,28). The third kappa shape index (κ3) is 3.62. The molecule has 1 N–H and O–H groups in total. The van der Waals surface area contributed by atoms with Crippen molar-refractivity contribution < 1.29 is 4.79 Å². The number of fused-ring (bicyclic) bond motifs is 3. The molecule has 0 saturated carbocycles. The van der Waals surface area contributed by atoms with E-state index in [1.165, 1.54) is 34.3 Å². The number of carbonyl (C=O) groups is 1. The molecule has 5 rings (SSSR count). The molecule has 30 heavy (non-hydrogen) atoms. The van der Waals surface area contributed by atoms with Crippen LogP contribution in [0, 0.1) is 5.92 Å². The number of amides is 1. The smallest absolute Gasteiger partial charge is 0.262 e. The number of hydrogen-bond donors (Lipinski definition) is 1. The van der Waals surface area contributed by atoms with Crippen LogP contribution in [0.2, 0.25) is 0 Å². The van der Waals surface area contributed by atoms with Gasteiger partial charge >= 0.3 is 0 Å². The number of aromatic nitrogens is 2.